The minimum atomic E-state index is -0.200. The molecule has 1 amide bonds. The number of piperidine rings is 1. The first-order chi connectivity index (χ1) is 12.1. The average Bonchev–Trinajstić information content (AvgIpc) is 3.23. The summed E-state index contributed by atoms with van der Waals surface area (Å²) >= 11 is 0. The Morgan fingerprint density at radius 1 is 1.24 bits per heavy atom. The predicted molar refractivity (Wildman–Crippen MR) is 92.6 cm³/mol. The lowest BCUT2D eigenvalue weighted by atomic mass is 9.86. The lowest BCUT2D eigenvalue weighted by molar-refractivity contribution is -0.123. The molecule has 2 atom stereocenters. The molecule has 3 fully saturated rings. The highest BCUT2D eigenvalue weighted by Crippen LogP contribution is 2.38. The van der Waals surface area contributed by atoms with E-state index in [1.807, 2.05) is 11.7 Å². The van der Waals surface area contributed by atoms with Crippen LogP contribution >= 0.6 is 0 Å². The van der Waals surface area contributed by atoms with E-state index in [0.29, 0.717) is 18.4 Å². The zero-order chi connectivity index (χ0) is 17.4. The first-order valence-corrected chi connectivity index (χ1v) is 9.63. The summed E-state index contributed by atoms with van der Waals surface area (Å²) in [5.74, 6) is 3.06. The monoisotopic (exact) mass is 347 g/mol. The van der Waals surface area contributed by atoms with E-state index in [-0.39, 0.29) is 17.9 Å². The summed E-state index contributed by atoms with van der Waals surface area (Å²) in [6.45, 7) is 3.70. The van der Waals surface area contributed by atoms with Crippen molar-refractivity contribution in [1.29, 1.82) is 0 Å². The SMILES string of the molecule is Cn1nc(C2CC2)nc1CN1CCC(C[C@H]2OCC[C@H]2C(N)=O)CC1. The quantitative estimate of drug-likeness (QED) is 0.835. The molecule has 1 aliphatic carbocycles. The number of likely N-dealkylation sites (tertiary alicyclic amines) is 1. The molecular weight excluding hydrogens is 318 g/mol. The van der Waals surface area contributed by atoms with Crippen LogP contribution < -0.4 is 5.73 Å². The van der Waals surface area contributed by atoms with Crippen molar-refractivity contribution in [2.75, 3.05) is 19.7 Å². The van der Waals surface area contributed by atoms with Crippen molar-refractivity contribution in [2.24, 2.45) is 24.6 Å². The number of hydrogen-bond donors (Lipinski definition) is 1. The summed E-state index contributed by atoms with van der Waals surface area (Å²) in [5.41, 5.74) is 5.50. The Bertz CT molecular complexity index is 619. The molecule has 0 bridgehead atoms. The molecule has 0 spiro atoms. The molecule has 1 saturated carbocycles. The van der Waals surface area contributed by atoms with Crippen LogP contribution in [0.4, 0.5) is 0 Å². The van der Waals surface area contributed by atoms with Gasteiger partial charge in [0, 0.05) is 19.6 Å². The van der Waals surface area contributed by atoms with E-state index in [4.69, 9.17) is 15.5 Å². The van der Waals surface area contributed by atoms with Gasteiger partial charge >= 0.3 is 0 Å². The maximum Gasteiger partial charge on any atom is 0.223 e. The normalized spacial score (nSPS) is 28.5. The zero-order valence-electron chi connectivity index (χ0n) is 15.1. The number of primary amides is 1. The molecule has 138 valence electrons. The first-order valence-electron chi connectivity index (χ1n) is 9.63. The lowest BCUT2D eigenvalue weighted by Crippen LogP contribution is -2.37. The van der Waals surface area contributed by atoms with Crippen molar-refractivity contribution < 1.29 is 9.53 Å². The van der Waals surface area contributed by atoms with Crippen molar-refractivity contribution in [3.63, 3.8) is 0 Å². The molecular formula is C18H29N5O2. The van der Waals surface area contributed by atoms with Crippen LogP contribution in [0.15, 0.2) is 0 Å². The largest absolute Gasteiger partial charge is 0.377 e. The second-order valence-electron chi connectivity index (χ2n) is 7.95. The number of aromatic nitrogens is 3. The Labute approximate surface area is 148 Å². The average molecular weight is 347 g/mol. The zero-order valence-corrected chi connectivity index (χ0v) is 15.1. The molecule has 25 heavy (non-hydrogen) atoms. The molecule has 0 aromatic carbocycles. The number of carbonyl (C=O) groups is 1. The summed E-state index contributed by atoms with van der Waals surface area (Å²) in [5, 5.41) is 4.56. The van der Waals surface area contributed by atoms with Crippen molar-refractivity contribution in [3.05, 3.63) is 11.6 Å². The number of nitrogens with two attached hydrogens (primary N) is 1. The Morgan fingerprint density at radius 3 is 2.68 bits per heavy atom. The van der Waals surface area contributed by atoms with Gasteiger partial charge in [0.2, 0.25) is 5.91 Å². The van der Waals surface area contributed by atoms with Crippen LogP contribution in [-0.4, -0.2) is 51.4 Å². The van der Waals surface area contributed by atoms with Gasteiger partial charge in [-0.1, -0.05) is 0 Å². The van der Waals surface area contributed by atoms with Gasteiger partial charge in [0.1, 0.15) is 5.82 Å². The van der Waals surface area contributed by atoms with Crippen molar-refractivity contribution >= 4 is 5.91 Å². The maximum absolute atomic E-state index is 11.5. The molecule has 7 heteroatoms. The van der Waals surface area contributed by atoms with Crippen LogP contribution in [0.25, 0.3) is 0 Å². The summed E-state index contributed by atoms with van der Waals surface area (Å²) in [4.78, 5) is 18.7. The molecule has 7 nitrogen and oxygen atoms in total. The Kier molecular flexibility index (Phi) is 4.78. The third-order valence-electron chi connectivity index (χ3n) is 6.02. The standard InChI is InChI=1S/C18H29N5O2/c1-22-16(20-18(21-22)13-2-3-13)11-23-7-4-12(5-8-23)10-15-14(17(19)24)6-9-25-15/h12-15H,2-11H2,1H3,(H2,19,24)/t14-,15-/m1/s1. The number of nitrogens with zero attached hydrogens (tertiary/aromatic N) is 4. The van der Waals surface area contributed by atoms with Gasteiger partial charge in [-0.2, -0.15) is 5.10 Å². The number of hydrogen-bond acceptors (Lipinski definition) is 5. The molecule has 2 aliphatic heterocycles. The van der Waals surface area contributed by atoms with E-state index in [1.165, 1.54) is 12.8 Å². The molecule has 0 radical (unpaired) electrons. The second kappa shape index (κ2) is 7.03. The smallest absolute Gasteiger partial charge is 0.223 e. The van der Waals surface area contributed by atoms with Gasteiger partial charge in [-0.3, -0.25) is 14.4 Å². The Hall–Kier alpha value is -1.47. The third-order valence-corrected chi connectivity index (χ3v) is 6.02. The molecule has 4 rings (SSSR count). The maximum atomic E-state index is 11.5. The number of amides is 1. The predicted octanol–water partition coefficient (Wildman–Crippen LogP) is 1.19. The van der Waals surface area contributed by atoms with Crippen LogP contribution in [0.3, 0.4) is 0 Å². The van der Waals surface area contributed by atoms with Gasteiger partial charge in [0.15, 0.2) is 5.82 Å². The first kappa shape index (κ1) is 17.0. The van der Waals surface area contributed by atoms with E-state index in [2.05, 4.69) is 10.00 Å². The van der Waals surface area contributed by atoms with Crippen LogP contribution in [-0.2, 0) is 23.1 Å². The fourth-order valence-corrected chi connectivity index (χ4v) is 4.21. The Morgan fingerprint density at radius 2 is 2.00 bits per heavy atom. The van der Waals surface area contributed by atoms with Gasteiger partial charge in [-0.25, -0.2) is 4.98 Å². The molecule has 1 aromatic rings. The molecule has 3 heterocycles. The number of carbonyl (C=O) groups excluding carboxylic acids is 1. The van der Waals surface area contributed by atoms with Crippen LogP contribution in [0.1, 0.15) is 56.1 Å². The molecule has 1 aromatic heterocycles. The summed E-state index contributed by atoms with van der Waals surface area (Å²) in [6.07, 6.45) is 6.58. The topological polar surface area (TPSA) is 86.3 Å². The van der Waals surface area contributed by atoms with E-state index >= 15 is 0 Å². The summed E-state index contributed by atoms with van der Waals surface area (Å²) in [7, 11) is 2.00. The van der Waals surface area contributed by atoms with Crippen molar-refractivity contribution in [2.45, 2.75) is 57.1 Å². The van der Waals surface area contributed by atoms with Gasteiger partial charge in [0.25, 0.3) is 0 Å². The van der Waals surface area contributed by atoms with Gasteiger partial charge in [-0.05, 0) is 57.5 Å². The highest BCUT2D eigenvalue weighted by atomic mass is 16.5. The number of ether oxygens (including phenoxy) is 1. The fourth-order valence-electron chi connectivity index (χ4n) is 4.21. The van der Waals surface area contributed by atoms with Crippen molar-refractivity contribution in [1.82, 2.24) is 19.7 Å². The third kappa shape index (κ3) is 3.87. The highest BCUT2D eigenvalue weighted by molar-refractivity contribution is 5.77. The van der Waals surface area contributed by atoms with E-state index in [9.17, 15) is 4.79 Å². The minimum absolute atomic E-state index is 0.0360. The van der Waals surface area contributed by atoms with Crippen LogP contribution in [0.5, 0.6) is 0 Å². The number of rotatable bonds is 6. The molecule has 2 N–H and O–H groups in total. The summed E-state index contributed by atoms with van der Waals surface area (Å²) in [6, 6.07) is 0. The fraction of sp³-hybridized carbons (Fsp3) is 0.833. The van der Waals surface area contributed by atoms with Gasteiger partial charge < -0.3 is 10.5 Å². The second-order valence-corrected chi connectivity index (χ2v) is 7.95. The van der Waals surface area contributed by atoms with Crippen LogP contribution in [0.2, 0.25) is 0 Å². The van der Waals surface area contributed by atoms with Crippen molar-refractivity contribution in [3.8, 4) is 0 Å². The van der Waals surface area contributed by atoms with Gasteiger partial charge in [-0.15, -0.1) is 0 Å². The molecule has 3 aliphatic rings. The Balaban J connectivity index is 1.26. The lowest BCUT2D eigenvalue weighted by Gasteiger charge is -2.33. The summed E-state index contributed by atoms with van der Waals surface area (Å²) < 4.78 is 7.71. The molecule has 0 unspecified atom stereocenters. The van der Waals surface area contributed by atoms with E-state index < -0.39 is 0 Å². The van der Waals surface area contributed by atoms with E-state index in [0.717, 1.165) is 57.0 Å². The highest BCUT2D eigenvalue weighted by Gasteiger charge is 2.35. The minimum Gasteiger partial charge on any atom is -0.377 e. The van der Waals surface area contributed by atoms with Gasteiger partial charge in [0.05, 0.1) is 18.6 Å². The van der Waals surface area contributed by atoms with E-state index in [1.54, 1.807) is 0 Å². The van der Waals surface area contributed by atoms with Crippen LogP contribution in [0, 0.1) is 11.8 Å². The number of aryl methyl sites for hydroxylation is 1. The molecule has 2 saturated heterocycles.